The van der Waals surface area contributed by atoms with Crippen LogP contribution < -0.4 is 0 Å². The molecule has 0 bridgehead atoms. The van der Waals surface area contributed by atoms with Crippen molar-refractivity contribution in [3.8, 4) is 5.69 Å². The van der Waals surface area contributed by atoms with Gasteiger partial charge in [0.15, 0.2) is 5.78 Å². The number of carbonyl (C=O) groups is 1. The van der Waals surface area contributed by atoms with Crippen molar-refractivity contribution in [1.82, 2.24) is 9.47 Å². The van der Waals surface area contributed by atoms with Crippen LogP contribution in [0.4, 0.5) is 0 Å². The Morgan fingerprint density at radius 2 is 1.74 bits per heavy atom. The third-order valence-electron chi connectivity index (χ3n) is 5.07. The topological polar surface area (TPSA) is 25.2 Å². The van der Waals surface area contributed by atoms with Crippen LogP contribution in [0.25, 0.3) is 22.7 Å². The summed E-state index contributed by atoms with van der Waals surface area (Å²) in [5.41, 5.74) is 4.80. The van der Waals surface area contributed by atoms with Crippen LogP contribution in [-0.4, -0.2) is 34.9 Å². The fraction of sp³-hybridized carbons (Fsp3) is 0.292. The van der Waals surface area contributed by atoms with E-state index < -0.39 is 0 Å². The van der Waals surface area contributed by atoms with Gasteiger partial charge < -0.3 is 9.47 Å². The summed E-state index contributed by atoms with van der Waals surface area (Å²) in [4.78, 5) is 13.6. The van der Waals surface area contributed by atoms with E-state index in [1.807, 2.05) is 6.08 Å². The minimum absolute atomic E-state index is 0.0633. The smallest absolute Gasteiger partial charge is 0.152 e. The minimum Gasteiger partial charge on any atom is -0.316 e. The lowest BCUT2D eigenvalue weighted by Gasteiger charge is -2.17. The molecule has 0 amide bonds. The predicted octanol–water partition coefficient (Wildman–Crippen LogP) is 5.12. The first-order chi connectivity index (χ1) is 13.1. The number of hydrogen-bond donors (Lipinski definition) is 0. The number of carbonyl (C=O) groups excluding carboxylic acids is 1. The van der Waals surface area contributed by atoms with E-state index >= 15 is 0 Å². The summed E-state index contributed by atoms with van der Waals surface area (Å²) < 4.78 is 2.27. The molecule has 140 valence electrons. The molecular formula is C24H28N2O. The number of aromatic nitrogens is 1. The number of benzene rings is 2. The number of para-hydroxylation sites is 1. The molecular weight excluding hydrogens is 332 g/mol. The molecule has 0 saturated carbocycles. The average molecular weight is 361 g/mol. The summed E-state index contributed by atoms with van der Waals surface area (Å²) >= 11 is 0. The highest BCUT2D eigenvalue weighted by molar-refractivity contribution is 5.91. The SMILES string of the molecule is CCN(CC)CCc1cn(-c2ccc(/C=C/C(C)=O)cc2)c2ccccc12. The summed E-state index contributed by atoms with van der Waals surface area (Å²) in [6.45, 7) is 9.25. The van der Waals surface area contributed by atoms with Crippen molar-refractivity contribution >= 4 is 22.8 Å². The Morgan fingerprint density at radius 3 is 2.41 bits per heavy atom. The summed E-state index contributed by atoms with van der Waals surface area (Å²) in [7, 11) is 0. The number of fused-ring (bicyclic) bond motifs is 1. The van der Waals surface area contributed by atoms with Gasteiger partial charge in [0.1, 0.15) is 0 Å². The minimum atomic E-state index is 0.0633. The van der Waals surface area contributed by atoms with E-state index in [1.54, 1.807) is 13.0 Å². The standard InChI is InChI=1S/C24H28N2O/c1-4-25(5-2)17-16-21-18-26(24-9-7-6-8-23(21)24)22-14-12-20(13-15-22)11-10-19(3)27/h6-15,18H,4-5,16-17H2,1-3H3/b11-10+. The molecule has 0 atom stereocenters. The lowest BCUT2D eigenvalue weighted by molar-refractivity contribution is -0.112. The molecule has 3 rings (SSSR count). The molecule has 3 nitrogen and oxygen atoms in total. The van der Waals surface area contributed by atoms with E-state index in [0.717, 1.165) is 37.3 Å². The van der Waals surface area contributed by atoms with Crippen LogP contribution in [0, 0.1) is 0 Å². The maximum Gasteiger partial charge on any atom is 0.152 e. The van der Waals surface area contributed by atoms with Crippen LogP contribution in [-0.2, 0) is 11.2 Å². The molecule has 0 spiro atoms. The van der Waals surface area contributed by atoms with Crippen LogP contribution in [0.1, 0.15) is 31.9 Å². The zero-order valence-corrected chi connectivity index (χ0v) is 16.5. The van der Waals surface area contributed by atoms with Crippen molar-refractivity contribution in [2.45, 2.75) is 27.2 Å². The quantitative estimate of drug-likeness (QED) is 0.521. The normalized spacial score (nSPS) is 11.7. The van der Waals surface area contributed by atoms with Gasteiger partial charge in [-0.15, -0.1) is 0 Å². The van der Waals surface area contributed by atoms with Gasteiger partial charge in [0, 0.05) is 23.8 Å². The lowest BCUT2D eigenvalue weighted by Crippen LogP contribution is -2.25. The Morgan fingerprint density at radius 1 is 1.04 bits per heavy atom. The fourth-order valence-electron chi connectivity index (χ4n) is 3.44. The van der Waals surface area contributed by atoms with Gasteiger partial charge in [-0.05, 0) is 61.8 Å². The fourth-order valence-corrected chi connectivity index (χ4v) is 3.44. The molecule has 1 aromatic heterocycles. The Labute approximate surface area is 161 Å². The number of likely N-dealkylation sites (N-methyl/N-ethyl adjacent to an activating group) is 1. The Hall–Kier alpha value is -2.65. The zero-order valence-electron chi connectivity index (χ0n) is 16.5. The molecule has 0 radical (unpaired) electrons. The average Bonchev–Trinajstić information content (AvgIpc) is 3.06. The van der Waals surface area contributed by atoms with E-state index in [2.05, 4.69) is 78.0 Å². The highest BCUT2D eigenvalue weighted by Crippen LogP contribution is 2.26. The van der Waals surface area contributed by atoms with Crippen molar-refractivity contribution in [2.24, 2.45) is 0 Å². The zero-order chi connectivity index (χ0) is 19.2. The number of ketones is 1. The van der Waals surface area contributed by atoms with Crippen LogP contribution in [0.2, 0.25) is 0 Å². The number of allylic oxidation sites excluding steroid dienone is 1. The number of nitrogens with zero attached hydrogens (tertiary/aromatic N) is 2. The number of hydrogen-bond acceptors (Lipinski definition) is 2. The van der Waals surface area contributed by atoms with Gasteiger partial charge in [-0.1, -0.05) is 50.3 Å². The van der Waals surface area contributed by atoms with Gasteiger partial charge in [-0.3, -0.25) is 4.79 Å². The molecule has 0 aliphatic heterocycles. The Bertz CT molecular complexity index is 931. The number of rotatable bonds is 8. The molecule has 0 aliphatic rings. The second kappa shape index (κ2) is 8.83. The van der Waals surface area contributed by atoms with Gasteiger partial charge in [-0.2, -0.15) is 0 Å². The van der Waals surface area contributed by atoms with Crippen molar-refractivity contribution in [3.63, 3.8) is 0 Å². The van der Waals surface area contributed by atoms with E-state index in [-0.39, 0.29) is 5.78 Å². The van der Waals surface area contributed by atoms with E-state index in [0.29, 0.717) is 0 Å². The second-order valence-corrected chi connectivity index (χ2v) is 6.85. The van der Waals surface area contributed by atoms with Crippen LogP contribution in [0.15, 0.2) is 60.8 Å². The molecule has 0 unspecified atom stereocenters. The molecule has 3 heteroatoms. The van der Waals surface area contributed by atoms with Crippen molar-refractivity contribution in [3.05, 3.63) is 71.9 Å². The Kier molecular flexibility index (Phi) is 6.25. The largest absolute Gasteiger partial charge is 0.316 e. The maximum absolute atomic E-state index is 11.1. The molecule has 2 aromatic carbocycles. The van der Waals surface area contributed by atoms with Gasteiger partial charge in [-0.25, -0.2) is 0 Å². The maximum atomic E-state index is 11.1. The molecule has 3 aromatic rings. The van der Waals surface area contributed by atoms with E-state index in [1.165, 1.54) is 16.5 Å². The highest BCUT2D eigenvalue weighted by Gasteiger charge is 2.10. The first-order valence-electron chi connectivity index (χ1n) is 9.72. The molecule has 27 heavy (non-hydrogen) atoms. The van der Waals surface area contributed by atoms with Gasteiger partial charge >= 0.3 is 0 Å². The van der Waals surface area contributed by atoms with Crippen molar-refractivity contribution in [1.29, 1.82) is 0 Å². The lowest BCUT2D eigenvalue weighted by atomic mass is 10.1. The van der Waals surface area contributed by atoms with Crippen LogP contribution in [0.5, 0.6) is 0 Å². The third kappa shape index (κ3) is 4.55. The Balaban J connectivity index is 1.91. The monoisotopic (exact) mass is 360 g/mol. The molecule has 0 N–H and O–H groups in total. The first-order valence-corrected chi connectivity index (χ1v) is 9.72. The van der Waals surface area contributed by atoms with Crippen LogP contribution in [0.3, 0.4) is 0 Å². The summed E-state index contributed by atoms with van der Waals surface area (Å²) in [5, 5.41) is 1.32. The van der Waals surface area contributed by atoms with Gasteiger partial charge in [0.25, 0.3) is 0 Å². The molecule has 0 aliphatic carbocycles. The van der Waals surface area contributed by atoms with Crippen molar-refractivity contribution in [2.75, 3.05) is 19.6 Å². The highest BCUT2D eigenvalue weighted by atomic mass is 16.1. The summed E-state index contributed by atoms with van der Waals surface area (Å²) in [6, 6.07) is 16.9. The predicted molar refractivity (Wildman–Crippen MR) is 114 cm³/mol. The summed E-state index contributed by atoms with van der Waals surface area (Å²) in [5.74, 6) is 0.0633. The summed E-state index contributed by atoms with van der Waals surface area (Å²) in [6.07, 6.45) is 6.78. The van der Waals surface area contributed by atoms with Gasteiger partial charge in [0.2, 0.25) is 0 Å². The molecule has 1 heterocycles. The third-order valence-corrected chi connectivity index (χ3v) is 5.07. The van der Waals surface area contributed by atoms with Gasteiger partial charge in [0.05, 0.1) is 5.52 Å². The second-order valence-electron chi connectivity index (χ2n) is 6.85. The van der Waals surface area contributed by atoms with E-state index in [4.69, 9.17) is 0 Å². The van der Waals surface area contributed by atoms with E-state index in [9.17, 15) is 4.79 Å². The first kappa shape index (κ1) is 19.1. The molecule has 0 saturated heterocycles. The van der Waals surface area contributed by atoms with Crippen LogP contribution >= 0.6 is 0 Å². The van der Waals surface area contributed by atoms with Crippen molar-refractivity contribution < 1.29 is 4.79 Å². The molecule has 0 fully saturated rings.